The van der Waals surface area contributed by atoms with Gasteiger partial charge in [-0.1, -0.05) is 35.9 Å². The van der Waals surface area contributed by atoms with Gasteiger partial charge in [0.1, 0.15) is 5.82 Å². The maximum atomic E-state index is 12.7. The van der Waals surface area contributed by atoms with Gasteiger partial charge in [-0.3, -0.25) is 0 Å². The first-order chi connectivity index (χ1) is 7.09. The molecule has 0 radical (unpaired) electrons. The zero-order valence-corrected chi connectivity index (χ0v) is 8.41. The molecule has 0 amide bonds. The average molecular weight is 227 g/mol. The van der Waals surface area contributed by atoms with Crippen molar-refractivity contribution >= 4 is 23.6 Å². The molecule has 15 heavy (non-hydrogen) atoms. The summed E-state index contributed by atoms with van der Waals surface area (Å²) in [7, 11) is 0. The van der Waals surface area contributed by atoms with E-state index in [2.05, 4.69) is 0 Å². The molecule has 0 bridgehead atoms. The average Bonchev–Trinajstić information content (AvgIpc) is 2.18. The highest BCUT2D eigenvalue weighted by Gasteiger charge is 1.97. The van der Waals surface area contributed by atoms with Gasteiger partial charge in [0.05, 0.1) is 5.02 Å². The molecule has 1 N–H and O–H groups in total. The van der Waals surface area contributed by atoms with Gasteiger partial charge in [-0.15, -0.1) is 0 Å². The molecular weight excluding hydrogens is 219 g/mol. The van der Waals surface area contributed by atoms with Crippen LogP contribution in [0.1, 0.15) is 5.56 Å². The number of halogens is 2. The van der Waals surface area contributed by atoms with Crippen molar-refractivity contribution in [1.82, 2.24) is 0 Å². The van der Waals surface area contributed by atoms with Crippen LogP contribution in [0.5, 0.6) is 0 Å². The Balaban J connectivity index is 2.73. The second kappa shape index (κ2) is 5.32. The molecule has 0 saturated carbocycles. The molecule has 0 aliphatic carbocycles. The molecular formula is C11H8ClFO2. The molecule has 0 spiro atoms. The largest absolute Gasteiger partial charge is 0.478 e. The quantitative estimate of drug-likeness (QED) is 0.635. The highest BCUT2D eigenvalue weighted by atomic mass is 35.5. The monoisotopic (exact) mass is 226 g/mol. The Kier molecular flexibility index (Phi) is 4.06. The molecule has 0 unspecified atom stereocenters. The van der Waals surface area contributed by atoms with Crippen molar-refractivity contribution in [3.8, 4) is 0 Å². The summed E-state index contributed by atoms with van der Waals surface area (Å²) in [4.78, 5) is 10.1. The lowest BCUT2D eigenvalue weighted by molar-refractivity contribution is -0.131. The SMILES string of the molecule is O=C(O)/C=C/C=C/c1ccc(F)c(Cl)c1. The first kappa shape index (κ1) is 11.5. The third kappa shape index (κ3) is 3.95. The molecule has 0 aromatic heterocycles. The first-order valence-electron chi connectivity index (χ1n) is 4.12. The van der Waals surface area contributed by atoms with Crippen molar-refractivity contribution in [3.63, 3.8) is 0 Å². The van der Waals surface area contributed by atoms with Crippen LogP contribution in [-0.4, -0.2) is 11.1 Å². The van der Waals surface area contributed by atoms with E-state index in [0.29, 0.717) is 5.56 Å². The second-order valence-electron chi connectivity index (χ2n) is 2.73. The first-order valence-corrected chi connectivity index (χ1v) is 4.50. The number of allylic oxidation sites excluding steroid dienone is 2. The van der Waals surface area contributed by atoms with E-state index < -0.39 is 11.8 Å². The molecule has 1 rings (SSSR count). The lowest BCUT2D eigenvalue weighted by Crippen LogP contribution is -1.84. The smallest absolute Gasteiger partial charge is 0.328 e. The van der Waals surface area contributed by atoms with Crippen LogP contribution in [0.2, 0.25) is 5.02 Å². The van der Waals surface area contributed by atoms with Gasteiger partial charge in [-0.05, 0) is 17.7 Å². The number of hydrogen-bond donors (Lipinski definition) is 1. The van der Waals surface area contributed by atoms with Crippen LogP contribution in [0.15, 0.2) is 36.4 Å². The van der Waals surface area contributed by atoms with Gasteiger partial charge in [0.25, 0.3) is 0 Å². The maximum Gasteiger partial charge on any atom is 0.328 e. The third-order valence-corrected chi connectivity index (χ3v) is 1.87. The molecule has 4 heteroatoms. The highest BCUT2D eigenvalue weighted by Crippen LogP contribution is 2.16. The number of carbonyl (C=O) groups is 1. The van der Waals surface area contributed by atoms with Gasteiger partial charge in [0.2, 0.25) is 0 Å². The van der Waals surface area contributed by atoms with Crippen molar-refractivity contribution < 1.29 is 14.3 Å². The van der Waals surface area contributed by atoms with Crippen LogP contribution >= 0.6 is 11.6 Å². The molecule has 0 fully saturated rings. The summed E-state index contributed by atoms with van der Waals surface area (Å²) >= 11 is 5.56. The van der Waals surface area contributed by atoms with Crippen LogP contribution < -0.4 is 0 Å². The highest BCUT2D eigenvalue weighted by molar-refractivity contribution is 6.30. The summed E-state index contributed by atoms with van der Waals surface area (Å²) in [5, 5.41) is 8.34. The fourth-order valence-corrected chi connectivity index (χ4v) is 1.11. The number of benzene rings is 1. The summed E-state index contributed by atoms with van der Waals surface area (Å²) in [6.07, 6.45) is 5.55. The fourth-order valence-electron chi connectivity index (χ4n) is 0.921. The number of aliphatic carboxylic acids is 1. The van der Waals surface area contributed by atoms with E-state index in [1.165, 1.54) is 24.3 Å². The van der Waals surface area contributed by atoms with Crippen LogP contribution in [-0.2, 0) is 4.79 Å². The van der Waals surface area contributed by atoms with E-state index in [-0.39, 0.29) is 5.02 Å². The molecule has 78 valence electrons. The molecule has 0 atom stereocenters. The minimum absolute atomic E-state index is 0.0411. The minimum Gasteiger partial charge on any atom is -0.478 e. The lowest BCUT2D eigenvalue weighted by Gasteiger charge is -1.95. The van der Waals surface area contributed by atoms with Gasteiger partial charge in [-0.25, -0.2) is 9.18 Å². The Labute approximate surface area is 91.3 Å². The van der Waals surface area contributed by atoms with Crippen molar-refractivity contribution in [1.29, 1.82) is 0 Å². The van der Waals surface area contributed by atoms with Gasteiger partial charge >= 0.3 is 5.97 Å². The Hall–Kier alpha value is -1.61. The summed E-state index contributed by atoms with van der Waals surface area (Å²) in [6, 6.07) is 4.26. The van der Waals surface area contributed by atoms with E-state index >= 15 is 0 Å². The molecule has 0 aliphatic rings. The van der Waals surface area contributed by atoms with E-state index in [9.17, 15) is 9.18 Å². The molecule has 0 aliphatic heterocycles. The number of carboxylic acids is 1. The number of rotatable bonds is 3. The van der Waals surface area contributed by atoms with E-state index in [0.717, 1.165) is 6.08 Å². The Morgan fingerprint density at radius 3 is 2.73 bits per heavy atom. The summed E-state index contributed by atoms with van der Waals surface area (Å²) in [5.41, 5.74) is 0.705. The van der Waals surface area contributed by atoms with Crippen molar-refractivity contribution in [2.24, 2.45) is 0 Å². The minimum atomic E-state index is -1.02. The predicted octanol–water partition coefficient (Wildman–Crippen LogP) is 3.13. The molecule has 1 aromatic carbocycles. The van der Waals surface area contributed by atoms with E-state index in [1.807, 2.05) is 0 Å². The predicted molar refractivity (Wildman–Crippen MR) is 57.2 cm³/mol. The standard InChI is InChI=1S/C11H8ClFO2/c12-9-7-8(5-6-10(9)13)3-1-2-4-11(14)15/h1-7H,(H,14,15)/b3-1+,4-2+. The normalized spacial score (nSPS) is 11.3. The second-order valence-corrected chi connectivity index (χ2v) is 3.14. The molecule has 2 nitrogen and oxygen atoms in total. The zero-order chi connectivity index (χ0) is 11.3. The summed E-state index contributed by atoms with van der Waals surface area (Å²) in [5.74, 6) is -1.49. The van der Waals surface area contributed by atoms with Crippen molar-refractivity contribution in [2.45, 2.75) is 0 Å². The van der Waals surface area contributed by atoms with Gasteiger partial charge in [0, 0.05) is 6.08 Å². The van der Waals surface area contributed by atoms with Gasteiger partial charge < -0.3 is 5.11 Å². The van der Waals surface area contributed by atoms with E-state index in [4.69, 9.17) is 16.7 Å². The summed E-state index contributed by atoms with van der Waals surface area (Å²) < 4.78 is 12.7. The van der Waals surface area contributed by atoms with Crippen LogP contribution in [0.4, 0.5) is 4.39 Å². The lowest BCUT2D eigenvalue weighted by atomic mass is 10.2. The zero-order valence-electron chi connectivity index (χ0n) is 7.65. The number of hydrogen-bond acceptors (Lipinski definition) is 1. The maximum absolute atomic E-state index is 12.7. The Morgan fingerprint density at radius 1 is 1.40 bits per heavy atom. The number of carboxylic acid groups (broad SMARTS) is 1. The van der Waals surface area contributed by atoms with Crippen LogP contribution in [0.25, 0.3) is 6.08 Å². The Bertz CT molecular complexity index is 425. The van der Waals surface area contributed by atoms with Crippen LogP contribution in [0, 0.1) is 5.82 Å². The third-order valence-electron chi connectivity index (χ3n) is 1.58. The van der Waals surface area contributed by atoms with Gasteiger partial charge in [-0.2, -0.15) is 0 Å². The Morgan fingerprint density at radius 2 is 2.13 bits per heavy atom. The van der Waals surface area contributed by atoms with E-state index in [1.54, 1.807) is 12.1 Å². The molecule has 0 saturated heterocycles. The van der Waals surface area contributed by atoms with Gasteiger partial charge in [0.15, 0.2) is 0 Å². The van der Waals surface area contributed by atoms with Crippen molar-refractivity contribution in [2.75, 3.05) is 0 Å². The topological polar surface area (TPSA) is 37.3 Å². The van der Waals surface area contributed by atoms with Crippen molar-refractivity contribution in [3.05, 3.63) is 52.8 Å². The fraction of sp³-hybridized carbons (Fsp3) is 0. The molecule has 1 aromatic rings. The molecule has 0 heterocycles. The van der Waals surface area contributed by atoms with Crippen LogP contribution in [0.3, 0.4) is 0 Å². The summed E-state index contributed by atoms with van der Waals surface area (Å²) in [6.45, 7) is 0.